The number of benzene rings is 2. The number of hydrogen-bond donors (Lipinski definition) is 0. The average molecular weight is 359 g/mol. The van der Waals surface area contributed by atoms with Crippen molar-refractivity contribution in [2.45, 2.75) is 31.6 Å². The van der Waals surface area contributed by atoms with Gasteiger partial charge in [-0.2, -0.15) is 13.2 Å². The third kappa shape index (κ3) is 3.33. The smallest absolute Gasteiger partial charge is 0.316 e. The van der Waals surface area contributed by atoms with Crippen LogP contribution in [0.15, 0.2) is 54.6 Å². The first-order valence-electron chi connectivity index (χ1n) is 8.83. The summed E-state index contributed by atoms with van der Waals surface area (Å²) < 4.78 is 42.2. The largest absolute Gasteiger partial charge is 0.449 e. The number of hydrogen-bond acceptors (Lipinski definition) is 2. The summed E-state index contributed by atoms with van der Waals surface area (Å²) in [5, 5.41) is 0. The minimum Gasteiger partial charge on any atom is -0.316 e. The van der Waals surface area contributed by atoms with Crippen LogP contribution >= 0.6 is 0 Å². The normalized spacial score (nSPS) is 19.1. The Bertz CT molecular complexity index is 886. The molecule has 136 valence electrons. The molecule has 0 aliphatic carbocycles. The zero-order valence-corrected chi connectivity index (χ0v) is 14.3. The van der Waals surface area contributed by atoms with Gasteiger partial charge in [0.25, 0.3) is 0 Å². The van der Waals surface area contributed by atoms with Crippen LogP contribution in [0.2, 0.25) is 0 Å². The topological polar surface area (TPSA) is 21.1 Å². The Labute approximate surface area is 150 Å². The summed E-state index contributed by atoms with van der Waals surface area (Å²) in [6, 6.07) is 16.7. The van der Waals surface area contributed by atoms with Crippen LogP contribution in [-0.2, 0) is 12.7 Å². The lowest BCUT2D eigenvalue weighted by atomic mass is 10.0. The SMILES string of the molecule is FC(F)(F)c1nc2ccccc2n1[C@@H]1CCCN(Cc2ccccc2)C1. The first kappa shape index (κ1) is 17.1. The zero-order valence-electron chi connectivity index (χ0n) is 14.3. The predicted octanol–water partition coefficient (Wildman–Crippen LogP) is 4.89. The number of likely N-dealkylation sites (tertiary alicyclic amines) is 1. The number of imidazole rings is 1. The minimum atomic E-state index is -4.46. The van der Waals surface area contributed by atoms with Crippen LogP contribution in [-0.4, -0.2) is 27.5 Å². The molecule has 26 heavy (non-hydrogen) atoms. The number of rotatable bonds is 3. The maximum atomic E-state index is 13.6. The molecule has 1 aliphatic heterocycles. The van der Waals surface area contributed by atoms with Gasteiger partial charge in [0.2, 0.25) is 5.82 Å². The summed E-state index contributed by atoms with van der Waals surface area (Å²) in [5.41, 5.74) is 2.14. The van der Waals surface area contributed by atoms with Gasteiger partial charge in [-0.25, -0.2) is 4.98 Å². The fraction of sp³-hybridized carbons (Fsp3) is 0.350. The highest BCUT2D eigenvalue weighted by Gasteiger charge is 2.40. The van der Waals surface area contributed by atoms with Crippen molar-refractivity contribution in [3.05, 3.63) is 66.0 Å². The second-order valence-corrected chi connectivity index (χ2v) is 6.81. The highest BCUT2D eigenvalue weighted by Crippen LogP contribution is 2.36. The standard InChI is InChI=1S/C20H20F3N3/c21-20(22,23)19-24-17-10-4-5-11-18(17)26(19)16-9-6-12-25(14-16)13-15-7-2-1-3-8-15/h1-5,7-8,10-11,16H,6,9,12-14H2/t16-/m1/s1. The number of fused-ring (bicyclic) bond motifs is 1. The van der Waals surface area contributed by atoms with E-state index in [9.17, 15) is 13.2 Å². The summed E-state index contributed by atoms with van der Waals surface area (Å²) in [7, 11) is 0. The lowest BCUT2D eigenvalue weighted by Gasteiger charge is -2.34. The van der Waals surface area contributed by atoms with Crippen molar-refractivity contribution in [3.8, 4) is 0 Å². The van der Waals surface area contributed by atoms with Crippen LogP contribution in [0.1, 0.15) is 30.3 Å². The van der Waals surface area contributed by atoms with E-state index in [0.717, 1.165) is 25.9 Å². The molecular formula is C20H20F3N3. The van der Waals surface area contributed by atoms with Gasteiger partial charge < -0.3 is 4.57 Å². The van der Waals surface area contributed by atoms with Gasteiger partial charge in [0, 0.05) is 19.1 Å². The molecule has 0 bridgehead atoms. The van der Waals surface area contributed by atoms with E-state index in [0.29, 0.717) is 17.6 Å². The van der Waals surface area contributed by atoms with Crippen molar-refractivity contribution < 1.29 is 13.2 Å². The van der Waals surface area contributed by atoms with Crippen molar-refractivity contribution >= 4 is 11.0 Å². The van der Waals surface area contributed by atoms with E-state index >= 15 is 0 Å². The molecule has 2 heterocycles. The van der Waals surface area contributed by atoms with Crippen LogP contribution in [0.4, 0.5) is 13.2 Å². The molecule has 1 atom stereocenters. The molecule has 1 saturated heterocycles. The molecule has 0 radical (unpaired) electrons. The molecule has 3 nitrogen and oxygen atoms in total. The molecule has 1 fully saturated rings. The van der Waals surface area contributed by atoms with E-state index in [2.05, 4.69) is 22.0 Å². The van der Waals surface area contributed by atoms with Gasteiger partial charge in [0.1, 0.15) is 0 Å². The number of nitrogens with zero attached hydrogens (tertiary/aromatic N) is 3. The molecule has 1 aliphatic rings. The second kappa shape index (κ2) is 6.76. The average Bonchev–Trinajstić information content (AvgIpc) is 3.03. The van der Waals surface area contributed by atoms with Crippen molar-refractivity contribution in [1.82, 2.24) is 14.5 Å². The highest BCUT2D eigenvalue weighted by atomic mass is 19.4. The van der Waals surface area contributed by atoms with Crippen LogP contribution in [0, 0.1) is 0 Å². The van der Waals surface area contributed by atoms with Crippen molar-refractivity contribution in [2.75, 3.05) is 13.1 Å². The summed E-state index contributed by atoms with van der Waals surface area (Å²) >= 11 is 0. The van der Waals surface area contributed by atoms with Gasteiger partial charge in [-0.3, -0.25) is 4.90 Å². The molecule has 1 aromatic heterocycles. The van der Waals surface area contributed by atoms with Gasteiger partial charge in [0.15, 0.2) is 0 Å². The molecular weight excluding hydrogens is 339 g/mol. The number of alkyl halides is 3. The first-order chi connectivity index (χ1) is 12.5. The molecule has 0 amide bonds. The maximum Gasteiger partial charge on any atom is 0.449 e. The monoisotopic (exact) mass is 359 g/mol. The number of para-hydroxylation sites is 2. The molecule has 6 heteroatoms. The van der Waals surface area contributed by atoms with Crippen LogP contribution < -0.4 is 0 Å². The number of aromatic nitrogens is 2. The lowest BCUT2D eigenvalue weighted by molar-refractivity contribution is -0.148. The summed E-state index contributed by atoms with van der Waals surface area (Å²) in [6.45, 7) is 2.25. The van der Waals surface area contributed by atoms with Gasteiger partial charge >= 0.3 is 6.18 Å². The molecule has 3 aromatic rings. The second-order valence-electron chi connectivity index (χ2n) is 6.81. The Morgan fingerprint density at radius 3 is 2.50 bits per heavy atom. The fourth-order valence-electron chi connectivity index (χ4n) is 3.84. The van der Waals surface area contributed by atoms with Crippen LogP contribution in [0.5, 0.6) is 0 Å². The lowest BCUT2D eigenvalue weighted by Crippen LogP contribution is -2.37. The van der Waals surface area contributed by atoms with Crippen molar-refractivity contribution in [1.29, 1.82) is 0 Å². The molecule has 0 saturated carbocycles. The number of piperidine rings is 1. The molecule has 0 spiro atoms. The minimum absolute atomic E-state index is 0.225. The number of halogens is 3. The van der Waals surface area contributed by atoms with Gasteiger partial charge in [-0.1, -0.05) is 42.5 Å². The quantitative estimate of drug-likeness (QED) is 0.664. The molecule has 0 N–H and O–H groups in total. The Balaban J connectivity index is 1.66. The van der Waals surface area contributed by atoms with E-state index in [4.69, 9.17) is 0 Å². The summed E-state index contributed by atoms with van der Waals surface area (Å²) in [5.74, 6) is -0.787. The third-order valence-corrected chi connectivity index (χ3v) is 4.94. The highest BCUT2D eigenvalue weighted by molar-refractivity contribution is 5.76. The van der Waals surface area contributed by atoms with E-state index in [-0.39, 0.29) is 6.04 Å². The summed E-state index contributed by atoms with van der Waals surface area (Å²) in [4.78, 5) is 6.12. The molecule has 0 unspecified atom stereocenters. The Kier molecular flexibility index (Phi) is 4.44. The molecule has 4 rings (SSSR count). The fourth-order valence-corrected chi connectivity index (χ4v) is 3.84. The molecule has 2 aromatic carbocycles. The predicted molar refractivity (Wildman–Crippen MR) is 94.7 cm³/mol. The van der Waals surface area contributed by atoms with Crippen LogP contribution in [0.3, 0.4) is 0 Å². The Morgan fingerprint density at radius 2 is 1.73 bits per heavy atom. The van der Waals surface area contributed by atoms with E-state index in [1.54, 1.807) is 24.3 Å². The van der Waals surface area contributed by atoms with Gasteiger partial charge in [0.05, 0.1) is 11.0 Å². The van der Waals surface area contributed by atoms with E-state index < -0.39 is 12.0 Å². The Hall–Kier alpha value is -2.34. The van der Waals surface area contributed by atoms with E-state index in [1.165, 1.54) is 10.1 Å². The van der Waals surface area contributed by atoms with Crippen molar-refractivity contribution in [3.63, 3.8) is 0 Å². The first-order valence-corrected chi connectivity index (χ1v) is 8.83. The van der Waals surface area contributed by atoms with Gasteiger partial charge in [-0.15, -0.1) is 0 Å². The van der Waals surface area contributed by atoms with Gasteiger partial charge in [-0.05, 0) is 37.1 Å². The third-order valence-electron chi connectivity index (χ3n) is 4.94. The maximum absolute atomic E-state index is 13.6. The van der Waals surface area contributed by atoms with Crippen LogP contribution in [0.25, 0.3) is 11.0 Å². The zero-order chi connectivity index (χ0) is 18.1. The van der Waals surface area contributed by atoms with Crippen molar-refractivity contribution in [2.24, 2.45) is 0 Å². The van der Waals surface area contributed by atoms with E-state index in [1.807, 2.05) is 18.2 Å². The summed E-state index contributed by atoms with van der Waals surface area (Å²) in [6.07, 6.45) is -2.85. The Morgan fingerprint density at radius 1 is 1.00 bits per heavy atom.